The van der Waals surface area contributed by atoms with Gasteiger partial charge in [-0.05, 0) is 81.8 Å². The van der Waals surface area contributed by atoms with Crippen LogP contribution in [0.15, 0.2) is 21.1 Å². The molecular formula is C15H23Br2NO2. The molecule has 0 radical (unpaired) electrons. The number of aliphatic hydroxyl groups is 1. The standard InChI is InChI=1S/C15H23Br2NO2/c1-2-8-20-15-13(16)9-12(10-14(15)17)11-18-6-4-3-5-7-19/h9-10,18-19H,2-8,11H2,1H3. The predicted octanol–water partition coefficient (Wildman–Crippen LogP) is 4.25. The molecule has 2 N–H and O–H groups in total. The van der Waals surface area contributed by atoms with E-state index in [9.17, 15) is 0 Å². The molecule has 0 unspecified atom stereocenters. The van der Waals surface area contributed by atoms with Crippen LogP contribution in [0.25, 0.3) is 0 Å². The van der Waals surface area contributed by atoms with E-state index in [1.165, 1.54) is 5.56 Å². The molecule has 0 aromatic heterocycles. The second-order valence-electron chi connectivity index (χ2n) is 4.70. The van der Waals surface area contributed by atoms with E-state index in [0.717, 1.165) is 60.1 Å². The van der Waals surface area contributed by atoms with Crippen LogP contribution in [0, 0.1) is 0 Å². The maximum Gasteiger partial charge on any atom is 0.147 e. The quantitative estimate of drug-likeness (QED) is 0.568. The monoisotopic (exact) mass is 407 g/mol. The summed E-state index contributed by atoms with van der Waals surface area (Å²) in [5.41, 5.74) is 1.22. The third-order valence-corrected chi connectivity index (χ3v) is 4.03. The Balaban J connectivity index is 2.43. The molecule has 20 heavy (non-hydrogen) atoms. The van der Waals surface area contributed by atoms with Crippen molar-refractivity contribution in [1.29, 1.82) is 0 Å². The Bertz CT molecular complexity index is 376. The maximum absolute atomic E-state index is 8.71. The molecule has 0 saturated carbocycles. The van der Waals surface area contributed by atoms with Crippen LogP contribution in [0.4, 0.5) is 0 Å². The summed E-state index contributed by atoms with van der Waals surface area (Å²) in [6, 6.07) is 4.19. The average molecular weight is 409 g/mol. The van der Waals surface area contributed by atoms with E-state index in [2.05, 4.69) is 56.2 Å². The Morgan fingerprint density at radius 2 is 1.85 bits per heavy atom. The highest BCUT2D eigenvalue weighted by Gasteiger charge is 2.08. The molecule has 0 aliphatic heterocycles. The van der Waals surface area contributed by atoms with E-state index in [-0.39, 0.29) is 0 Å². The molecule has 1 aromatic carbocycles. The van der Waals surface area contributed by atoms with Crippen LogP contribution in [0.1, 0.15) is 38.2 Å². The Hall–Kier alpha value is -0.100. The Morgan fingerprint density at radius 1 is 1.15 bits per heavy atom. The van der Waals surface area contributed by atoms with Crippen molar-refractivity contribution in [2.75, 3.05) is 19.8 Å². The summed E-state index contributed by atoms with van der Waals surface area (Å²) in [7, 11) is 0. The van der Waals surface area contributed by atoms with E-state index in [0.29, 0.717) is 6.61 Å². The second kappa shape index (κ2) is 10.6. The first kappa shape index (κ1) is 18.0. The minimum absolute atomic E-state index is 0.291. The molecule has 0 saturated heterocycles. The van der Waals surface area contributed by atoms with Gasteiger partial charge in [0.05, 0.1) is 15.6 Å². The van der Waals surface area contributed by atoms with Crippen LogP contribution in [0.2, 0.25) is 0 Å². The lowest BCUT2D eigenvalue weighted by molar-refractivity contribution is 0.283. The fourth-order valence-corrected chi connectivity index (χ4v) is 3.34. The number of hydrogen-bond acceptors (Lipinski definition) is 3. The highest BCUT2D eigenvalue weighted by Crippen LogP contribution is 2.34. The minimum atomic E-state index is 0.291. The molecule has 0 spiro atoms. The lowest BCUT2D eigenvalue weighted by atomic mass is 10.2. The normalized spacial score (nSPS) is 10.8. The van der Waals surface area contributed by atoms with Gasteiger partial charge in [0.15, 0.2) is 0 Å². The number of hydrogen-bond donors (Lipinski definition) is 2. The highest BCUT2D eigenvalue weighted by atomic mass is 79.9. The summed E-state index contributed by atoms with van der Waals surface area (Å²) >= 11 is 7.12. The molecule has 0 fully saturated rings. The first-order valence-electron chi connectivity index (χ1n) is 7.11. The predicted molar refractivity (Wildman–Crippen MR) is 90.3 cm³/mol. The number of halogens is 2. The van der Waals surface area contributed by atoms with Crippen LogP contribution < -0.4 is 10.1 Å². The fraction of sp³-hybridized carbons (Fsp3) is 0.600. The molecule has 0 bridgehead atoms. The second-order valence-corrected chi connectivity index (χ2v) is 6.41. The molecule has 1 rings (SSSR count). The molecule has 114 valence electrons. The van der Waals surface area contributed by atoms with Crippen molar-refractivity contribution >= 4 is 31.9 Å². The maximum atomic E-state index is 8.71. The number of aliphatic hydroxyl groups excluding tert-OH is 1. The van der Waals surface area contributed by atoms with E-state index >= 15 is 0 Å². The molecule has 0 amide bonds. The Morgan fingerprint density at radius 3 is 2.45 bits per heavy atom. The van der Waals surface area contributed by atoms with Gasteiger partial charge in [-0.1, -0.05) is 6.92 Å². The number of nitrogens with one attached hydrogen (secondary N) is 1. The van der Waals surface area contributed by atoms with Gasteiger partial charge in [0.2, 0.25) is 0 Å². The van der Waals surface area contributed by atoms with Crippen LogP contribution >= 0.6 is 31.9 Å². The molecule has 0 heterocycles. The van der Waals surface area contributed by atoms with Crippen molar-refractivity contribution in [3.05, 3.63) is 26.6 Å². The number of benzene rings is 1. The van der Waals surface area contributed by atoms with Gasteiger partial charge in [-0.25, -0.2) is 0 Å². The van der Waals surface area contributed by atoms with Crippen molar-refractivity contribution < 1.29 is 9.84 Å². The van der Waals surface area contributed by atoms with Gasteiger partial charge < -0.3 is 15.2 Å². The topological polar surface area (TPSA) is 41.5 Å². The van der Waals surface area contributed by atoms with Gasteiger partial charge in [0.1, 0.15) is 5.75 Å². The van der Waals surface area contributed by atoms with Gasteiger partial charge in [0.25, 0.3) is 0 Å². The average Bonchev–Trinajstić information content (AvgIpc) is 2.42. The van der Waals surface area contributed by atoms with Crippen LogP contribution in [-0.4, -0.2) is 24.9 Å². The number of rotatable bonds is 10. The fourth-order valence-electron chi connectivity index (χ4n) is 1.83. The van der Waals surface area contributed by atoms with E-state index < -0.39 is 0 Å². The zero-order valence-corrected chi connectivity index (χ0v) is 15.1. The first-order chi connectivity index (χ1) is 9.69. The summed E-state index contributed by atoms with van der Waals surface area (Å²) in [5.74, 6) is 0.874. The van der Waals surface area contributed by atoms with Crippen molar-refractivity contribution in [2.24, 2.45) is 0 Å². The summed E-state index contributed by atoms with van der Waals surface area (Å²) in [6.07, 6.45) is 4.06. The molecule has 1 aromatic rings. The molecule has 0 aliphatic carbocycles. The van der Waals surface area contributed by atoms with Crippen molar-refractivity contribution in [1.82, 2.24) is 5.32 Å². The largest absolute Gasteiger partial charge is 0.491 e. The third kappa shape index (κ3) is 6.57. The first-order valence-corrected chi connectivity index (χ1v) is 8.70. The van der Waals surface area contributed by atoms with Crippen molar-refractivity contribution in [3.63, 3.8) is 0 Å². The SMILES string of the molecule is CCCOc1c(Br)cc(CNCCCCCO)cc1Br. The van der Waals surface area contributed by atoms with E-state index in [4.69, 9.17) is 9.84 Å². The summed E-state index contributed by atoms with van der Waals surface area (Å²) in [5, 5.41) is 12.1. The van der Waals surface area contributed by atoms with Gasteiger partial charge >= 0.3 is 0 Å². The molecule has 5 heteroatoms. The zero-order valence-electron chi connectivity index (χ0n) is 11.9. The number of ether oxygens (including phenoxy) is 1. The lowest BCUT2D eigenvalue weighted by Gasteiger charge is -2.12. The number of unbranched alkanes of at least 4 members (excludes halogenated alkanes) is 2. The lowest BCUT2D eigenvalue weighted by Crippen LogP contribution is -2.15. The van der Waals surface area contributed by atoms with Crippen LogP contribution in [0.3, 0.4) is 0 Å². The summed E-state index contributed by atoms with van der Waals surface area (Å²) in [4.78, 5) is 0. The van der Waals surface area contributed by atoms with Crippen molar-refractivity contribution in [2.45, 2.75) is 39.2 Å². The van der Waals surface area contributed by atoms with Gasteiger partial charge in [0, 0.05) is 13.2 Å². The smallest absolute Gasteiger partial charge is 0.147 e. The van der Waals surface area contributed by atoms with E-state index in [1.54, 1.807) is 0 Å². The molecule has 3 nitrogen and oxygen atoms in total. The summed E-state index contributed by atoms with van der Waals surface area (Å²) < 4.78 is 7.67. The van der Waals surface area contributed by atoms with E-state index in [1.807, 2.05) is 0 Å². The van der Waals surface area contributed by atoms with Crippen LogP contribution in [0.5, 0.6) is 5.75 Å². The highest BCUT2D eigenvalue weighted by molar-refractivity contribution is 9.11. The summed E-state index contributed by atoms with van der Waals surface area (Å²) in [6.45, 7) is 4.92. The van der Waals surface area contributed by atoms with Gasteiger partial charge in [-0.3, -0.25) is 0 Å². The minimum Gasteiger partial charge on any atom is -0.491 e. The Kier molecular flexibility index (Phi) is 9.52. The van der Waals surface area contributed by atoms with Gasteiger partial charge in [-0.15, -0.1) is 0 Å². The molecule has 0 aliphatic rings. The molecular weight excluding hydrogens is 386 g/mol. The van der Waals surface area contributed by atoms with Crippen LogP contribution in [-0.2, 0) is 6.54 Å². The third-order valence-electron chi connectivity index (χ3n) is 2.85. The van der Waals surface area contributed by atoms with Crippen molar-refractivity contribution in [3.8, 4) is 5.75 Å². The Labute approximate surface area is 138 Å². The zero-order chi connectivity index (χ0) is 14.8. The van der Waals surface area contributed by atoms with Gasteiger partial charge in [-0.2, -0.15) is 0 Å². The molecule has 0 atom stereocenters.